The maximum atomic E-state index is 12.2. The summed E-state index contributed by atoms with van der Waals surface area (Å²) in [5.41, 5.74) is 2.64. The van der Waals surface area contributed by atoms with Crippen LogP contribution < -0.4 is 10.5 Å². The first kappa shape index (κ1) is 20.3. The van der Waals surface area contributed by atoms with Gasteiger partial charge >= 0.3 is 5.97 Å². The number of para-hydroxylation sites is 1. The number of nitrogens with two attached hydrogens (primary N) is 1. The Labute approximate surface area is 166 Å². The van der Waals surface area contributed by atoms with E-state index in [0.717, 1.165) is 17.8 Å². The fraction of sp³-hybridized carbons (Fsp3) is 0.167. The number of rotatable bonds is 6. The molecule has 3 N–H and O–H groups in total. The van der Waals surface area contributed by atoms with Crippen molar-refractivity contribution in [1.29, 1.82) is 0 Å². The van der Waals surface area contributed by atoms with E-state index in [2.05, 4.69) is 10.4 Å². The molecule has 0 bridgehead atoms. The molecule has 2 aromatic heterocycles. The van der Waals surface area contributed by atoms with Crippen LogP contribution in [0.15, 0.2) is 52.0 Å². The van der Waals surface area contributed by atoms with E-state index in [9.17, 15) is 18.0 Å². The van der Waals surface area contributed by atoms with Gasteiger partial charge in [0.25, 0.3) is 15.9 Å². The van der Waals surface area contributed by atoms with Gasteiger partial charge in [0.2, 0.25) is 10.9 Å². The largest absolute Gasteiger partial charge is 0.450 e. The Morgan fingerprint density at radius 3 is 2.48 bits per heavy atom. The lowest BCUT2D eigenvalue weighted by atomic mass is 10.3. The van der Waals surface area contributed by atoms with Gasteiger partial charge in [-0.05, 0) is 38.1 Å². The van der Waals surface area contributed by atoms with Crippen molar-refractivity contribution in [2.75, 3.05) is 11.9 Å². The summed E-state index contributed by atoms with van der Waals surface area (Å²) < 4.78 is 33.7. The van der Waals surface area contributed by atoms with Gasteiger partial charge < -0.3 is 14.5 Å². The van der Waals surface area contributed by atoms with E-state index in [4.69, 9.17) is 14.3 Å². The zero-order valence-electron chi connectivity index (χ0n) is 15.6. The minimum absolute atomic E-state index is 0.383. The first-order valence-electron chi connectivity index (χ1n) is 8.38. The van der Waals surface area contributed by atoms with Crippen LogP contribution in [0.5, 0.6) is 0 Å². The van der Waals surface area contributed by atoms with Crippen molar-refractivity contribution in [2.45, 2.75) is 18.9 Å². The number of nitrogens with one attached hydrogen (secondary N) is 1. The SMILES string of the molecule is Cc1nn(-c2ccccc2)c(C)c1NC(=O)COC(=O)c1ccc(S(N)(=O)=O)o1. The molecular weight excluding hydrogens is 400 g/mol. The minimum atomic E-state index is -4.08. The molecule has 152 valence electrons. The number of carbonyl (C=O) groups excluding carboxylic acids is 2. The number of hydrogen-bond acceptors (Lipinski definition) is 7. The average Bonchev–Trinajstić information content (AvgIpc) is 3.28. The number of aryl methyl sites for hydroxylation is 1. The van der Waals surface area contributed by atoms with Crippen LogP contribution in [0.3, 0.4) is 0 Å². The van der Waals surface area contributed by atoms with Crippen LogP contribution in [-0.4, -0.2) is 36.7 Å². The Morgan fingerprint density at radius 1 is 1.17 bits per heavy atom. The molecule has 0 aliphatic carbocycles. The highest BCUT2D eigenvalue weighted by Gasteiger charge is 2.20. The molecule has 0 radical (unpaired) electrons. The van der Waals surface area contributed by atoms with Gasteiger partial charge in [-0.3, -0.25) is 4.79 Å². The van der Waals surface area contributed by atoms with Crippen LogP contribution in [0.2, 0.25) is 0 Å². The molecule has 3 aromatic rings. The molecule has 10 nitrogen and oxygen atoms in total. The number of primary sulfonamides is 1. The summed E-state index contributed by atoms with van der Waals surface area (Å²) in [7, 11) is -4.08. The highest BCUT2D eigenvalue weighted by Crippen LogP contribution is 2.22. The molecule has 0 saturated carbocycles. The second-order valence-corrected chi connectivity index (χ2v) is 7.57. The lowest BCUT2D eigenvalue weighted by molar-refractivity contribution is -0.119. The van der Waals surface area contributed by atoms with Gasteiger partial charge in [-0.1, -0.05) is 18.2 Å². The second-order valence-electron chi connectivity index (χ2n) is 6.08. The summed E-state index contributed by atoms with van der Waals surface area (Å²) in [6, 6.07) is 11.5. The molecule has 2 heterocycles. The van der Waals surface area contributed by atoms with Gasteiger partial charge in [-0.15, -0.1) is 0 Å². The second kappa shape index (κ2) is 7.89. The topological polar surface area (TPSA) is 147 Å². The minimum Gasteiger partial charge on any atom is -0.450 e. The number of amides is 1. The molecule has 0 unspecified atom stereocenters. The van der Waals surface area contributed by atoms with Crippen LogP contribution in [0.1, 0.15) is 21.9 Å². The number of benzene rings is 1. The van der Waals surface area contributed by atoms with Gasteiger partial charge in [0, 0.05) is 0 Å². The normalized spacial score (nSPS) is 11.3. The molecule has 11 heteroatoms. The van der Waals surface area contributed by atoms with Gasteiger partial charge in [0.15, 0.2) is 6.61 Å². The number of aromatic nitrogens is 2. The average molecular weight is 418 g/mol. The van der Waals surface area contributed by atoms with Crippen LogP contribution in [0, 0.1) is 13.8 Å². The number of furan rings is 1. The maximum absolute atomic E-state index is 12.2. The molecule has 0 atom stereocenters. The predicted octanol–water partition coefficient (Wildman–Crippen LogP) is 1.53. The van der Waals surface area contributed by atoms with E-state index in [1.54, 1.807) is 18.5 Å². The highest BCUT2D eigenvalue weighted by molar-refractivity contribution is 7.89. The van der Waals surface area contributed by atoms with Crippen molar-refractivity contribution in [1.82, 2.24) is 9.78 Å². The third-order valence-corrected chi connectivity index (χ3v) is 4.73. The van der Waals surface area contributed by atoms with Gasteiger partial charge in [0.05, 0.1) is 22.8 Å². The van der Waals surface area contributed by atoms with Gasteiger partial charge in [-0.25, -0.2) is 23.0 Å². The number of esters is 1. The first-order chi connectivity index (χ1) is 13.7. The zero-order chi connectivity index (χ0) is 21.2. The zero-order valence-corrected chi connectivity index (χ0v) is 16.4. The Bertz CT molecular complexity index is 1160. The molecule has 29 heavy (non-hydrogen) atoms. The van der Waals surface area contributed by atoms with Crippen molar-refractivity contribution in [3.05, 3.63) is 59.6 Å². The summed E-state index contributed by atoms with van der Waals surface area (Å²) in [6.07, 6.45) is 0. The van der Waals surface area contributed by atoms with Crippen LogP contribution >= 0.6 is 0 Å². The molecule has 0 saturated heterocycles. The first-order valence-corrected chi connectivity index (χ1v) is 9.92. The van der Waals surface area contributed by atoms with E-state index in [1.165, 1.54) is 0 Å². The van der Waals surface area contributed by atoms with Crippen molar-refractivity contribution >= 4 is 27.6 Å². The molecule has 0 fully saturated rings. The van der Waals surface area contributed by atoms with E-state index < -0.39 is 33.6 Å². The number of sulfonamides is 1. The van der Waals surface area contributed by atoms with Gasteiger partial charge in [-0.2, -0.15) is 5.10 Å². The molecule has 1 aromatic carbocycles. The number of anilines is 1. The summed E-state index contributed by atoms with van der Waals surface area (Å²) >= 11 is 0. The molecular formula is C18H18N4O6S. The quantitative estimate of drug-likeness (QED) is 0.577. The standard InChI is InChI=1S/C18H18N4O6S/c1-11-17(12(2)22(21-11)13-6-4-3-5-7-13)20-15(23)10-27-18(24)14-8-9-16(28-14)29(19,25)26/h3-9H,10H2,1-2H3,(H,20,23)(H2,19,25,26). The van der Waals surface area contributed by atoms with Crippen molar-refractivity contribution in [3.8, 4) is 5.69 Å². The highest BCUT2D eigenvalue weighted by atomic mass is 32.2. The Morgan fingerprint density at radius 2 is 1.86 bits per heavy atom. The Kier molecular flexibility index (Phi) is 5.52. The summed E-state index contributed by atoms with van der Waals surface area (Å²) in [4.78, 5) is 24.1. The van der Waals surface area contributed by atoms with E-state index in [1.807, 2.05) is 30.3 Å². The fourth-order valence-electron chi connectivity index (χ4n) is 2.60. The van der Waals surface area contributed by atoms with Crippen LogP contribution in [0.25, 0.3) is 5.69 Å². The summed E-state index contributed by atoms with van der Waals surface area (Å²) in [5, 5.41) is 11.4. The number of carbonyl (C=O) groups is 2. The van der Waals surface area contributed by atoms with Crippen molar-refractivity contribution in [2.24, 2.45) is 5.14 Å². The van der Waals surface area contributed by atoms with Crippen LogP contribution in [0.4, 0.5) is 5.69 Å². The predicted molar refractivity (Wildman–Crippen MR) is 102 cm³/mol. The lowest BCUT2D eigenvalue weighted by Crippen LogP contribution is -2.21. The Hall–Kier alpha value is -3.44. The molecule has 1 amide bonds. The molecule has 0 aliphatic rings. The molecule has 3 rings (SSSR count). The fourth-order valence-corrected chi connectivity index (χ4v) is 3.07. The van der Waals surface area contributed by atoms with Crippen LogP contribution in [-0.2, 0) is 19.6 Å². The summed E-state index contributed by atoms with van der Waals surface area (Å²) in [6.45, 7) is 2.94. The van der Waals surface area contributed by atoms with Crippen molar-refractivity contribution in [3.63, 3.8) is 0 Å². The third-order valence-electron chi connectivity index (χ3n) is 3.95. The molecule has 0 spiro atoms. The van der Waals surface area contributed by atoms with E-state index in [-0.39, 0.29) is 5.76 Å². The number of hydrogen-bond donors (Lipinski definition) is 2. The smallest absolute Gasteiger partial charge is 0.374 e. The van der Waals surface area contributed by atoms with E-state index in [0.29, 0.717) is 17.1 Å². The number of ether oxygens (including phenoxy) is 1. The summed E-state index contributed by atoms with van der Waals surface area (Å²) in [5.74, 6) is -1.97. The molecule has 0 aliphatic heterocycles. The monoisotopic (exact) mass is 418 g/mol. The Balaban J connectivity index is 1.65. The third kappa shape index (κ3) is 4.52. The number of nitrogens with zero attached hydrogens (tertiary/aromatic N) is 2. The van der Waals surface area contributed by atoms with Crippen molar-refractivity contribution < 1.29 is 27.2 Å². The van der Waals surface area contributed by atoms with Gasteiger partial charge in [0.1, 0.15) is 0 Å². The van der Waals surface area contributed by atoms with E-state index >= 15 is 0 Å². The maximum Gasteiger partial charge on any atom is 0.374 e. The lowest BCUT2D eigenvalue weighted by Gasteiger charge is -2.07.